The van der Waals surface area contributed by atoms with Crippen LogP contribution in [0.5, 0.6) is 0 Å². The highest BCUT2D eigenvalue weighted by molar-refractivity contribution is 6.99. The molecule has 2 atom stereocenters. The summed E-state index contributed by atoms with van der Waals surface area (Å²) < 4.78 is 6.93. The van der Waals surface area contributed by atoms with Gasteiger partial charge in [-0.1, -0.05) is 94.4 Å². The van der Waals surface area contributed by atoms with Gasteiger partial charge in [0, 0.05) is 6.61 Å². The molecule has 0 saturated carbocycles. The molecule has 0 aromatic heterocycles. The van der Waals surface area contributed by atoms with Gasteiger partial charge < -0.3 is 9.53 Å². The SMILES string of the molecule is C=CC[C@H](O)C[C@@H](C)CCCO[Si](c1ccccc1)(c1ccccc1)C(C)(C)C. The summed E-state index contributed by atoms with van der Waals surface area (Å²) in [7, 11) is -2.43. The third-order valence-electron chi connectivity index (χ3n) is 5.69. The Kier molecular flexibility index (Phi) is 8.88. The van der Waals surface area contributed by atoms with Crippen molar-refractivity contribution in [2.45, 2.75) is 64.5 Å². The third kappa shape index (κ3) is 6.15. The molecule has 2 nitrogen and oxygen atoms in total. The normalized spacial score (nSPS) is 14.4. The van der Waals surface area contributed by atoms with E-state index < -0.39 is 8.32 Å². The Balaban J connectivity index is 2.18. The first-order valence-corrected chi connectivity index (χ1v) is 12.8. The largest absolute Gasteiger partial charge is 0.407 e. The molecule has 3 heteroatoms. The fourth-order valence-electron chi connectivity index (χ4n) is 4.29. The van der Waals surface area contributed by atoms with Gasteiger partial charge in [-0.05, 0) is 47.0 Å². The summed E-state index contributed by atoms with van der Waals surface area (Å²) in [5.74, 6) is 0.479. The van der Waals surface area contributed by atoms with Crippen LogP contribution in [0, 0.1) is 5.92 Å². The van der Waals surface area contributed by atoms with Crippen molar-refractivity contribution in [2.24, 2.45) is 5.92 Å². The van der Waals surface area contributed by atoms with Crippen molar-refractivity contribution in [3.05, 3.63) is 73.3 Å². The number of aliphatic hydroxyl groups excluding tert-OH is 1. The van der Waals surface area contributed by atoms with Crippen LogP contribution in [0.2, 0.25) is 5.04 Å². The van der Waals surface area contributed by atoms with E-state index in [1.807, 2.05) is 0 Å². The molecule has 0 aliphatic carbocycles. The molecule has 0 unspecified atom stereocenters. The van der Waals surface area contributed by atoms with Crippen LogP contribution in [0.25, 0.3) is 0 Å². The maximum atomic E-state index is 10.0. The van der Waals surface area contributed by atoms with E-state index in [2.05, 4.69) is 94.9 Å². The average Bonchev–Trinajstić information content (AvgIpc) is 2.68. The molecule has 2 aromatic rings. The van der Waals surface area contributed by atoms with Crippen molar-refractivity contribution >= 4 is 18.7 Å². The Hall–Kier alpha value is -1.68. The second kappa shape index (κ2) is 10.9. The maximum Gasteiger partial charge on any atom is 0.261 e. The van der Waals surface area contributed by atoms with Gasteiger partial charge in [0.05, 0.1) is 6.10 Å². The summed E-state index contributed by atoms with van der Waals surface area (Å²) in [4.78, 5) is 0. The molecule has 29 heavy (non-hydrogen) atoms. The second-order valence-corrected chi connectivity index (χ2v) is 13.5. The van der Waals surface area contributed by atoms with Gasteiger partial charge in [-0.2, -0.15) is 0 Å². The minimum atomic E-state index is -2.43. The van der Waals surface area contributed by atoms with Gasteiger partial charge in [-0.3, -0.25) is 0 Å². The summed E-state index contributed by atoms with van der Waals surface area (Å²) in [6.45, 7) is 13.6. The lowest BCUT2D eigenvalue weighted by atomic mass is 9.97. The van der Waals surface area contributed by atoms with Gasteiger partial charge in [0.1, 0.15) is 0 Å². The van der Waals surface area contributed by atoms with Crippen molar-refractivity contribution in [1.29, 1.82) is 0 Å². The smallest absolute Gasteiger partial charge is 0.261 e. The number of benzene rings is 2. The van der Waals surface area contributed by atoms with E-state index in [-0.39, 0.29) is 11.1 Å². The monoisotopic (exact) mass is 410 g/mol. The van der Waals surface area contributed by atoms with Gasteiger partial charge in [-0.25, -0.2) is 0 Å². The topological polar surface area (TPSA) is 29.5 Å². The van der Waals surface area contributed by atoms with Crippen molar-refractivity contribution in [1.82, 2.24) is 0 Å². The lowest BCUT2D eigenvalue weighted by Crippen LogP contribution is -2.66. The zero-order valence-corrected chi connectivity index (χ0v) is 19.6. The van der Waals surface area contributed by atoms with Crippen LogP contribution in [0.4, 0.5) is 0 Å². The molecule has 0 aliphatic rings. The predicted molar refractivity (Wildman–Crippen MR) is 127 cm³/mol. The first-order valence-electron chi connectivity index (χ1n) is 10.8. The Morgan fingerprint density at radius 3 is 1.97 bits per heavy atom. The van der Waals surface area contributed by atoms with E-state index in [9.17, 15) is 5.11 Å². The summed E-state index contributed by atoms with van der Waals surface area (Å²) in [6.07, 6.45) is 5.08. The molecule has 0 saturated heterocycles. The zero-order chi connectivity index (χ0) is 21.3. The average molecular weight is 411 g/mol. The molecular weight excluding hydrogens is 372 g/mol. The maximum absolute atomic E-state index is 10.0. The first kappa shape index (κ1) is 23.6. The van der Waals surface area contributed by atoms with Gasteiger partial charge in [0.25, 0.3) is 8.32 Å². The van der Waals surface area contributed by atoms with E-state index in [4.69, 9.17) is 4.43 Å². The summed E-state index contributed by atoms with van der Waals surface area (Å²) in [6, 6.07) is 21.6. The Morgan fingerprint density at radius 2 is 1.52 bits per heavy atom. The third-order valence-corrected chi connectivity index (χ3v) is 10.7. The molecular formula is C26H38O2Si. The van der Waals surface area contributed by atoms with E-state index >= 15 is 0 Å². The molecule has 2 aromatic carbocycles. The molecule has 2 rings (SSSR count). The lowest BCUT2D eigenvalue weighted by Gasteiger charge is -2.43. The highest BCUT2D eigenvalue weighted by Crippen LogP contribution is 2.36. The number of hydrogen-bond acceptors (Lipinski definition) is 2. The Bertz CT molecular complexity index is 682. The van der Waals surface area contributed by atoms with Crippen LogP contribution in [0.15, 0.2) is 73.3 Å². The molecule has 0 bridgehead atoms. The fraction of sp³-hybridized carbons (Fsp3) is 0.462. The number of hydrogen-bond donors (Lipinski definition) is 1. The van der Waals surface area contributed by atoms with E-state index in [0.717, 1.165) is 25.9 Å². The minimum Gasteiger partial charge on any atom is -0.407 e. The van der Waals surface area contributed by atoms with Gasteiger partial charge in [0.2, 0.25) is 0 Å². The second-order valence-electron chi connectivity index (χ2n) is 9.17. The minimum absolute atomic E-state index is 0.0154. The van der Waals surface area contributed by atoms with Crippen molar-refractivity contribution < 1.29 is 9.53 Å². The summed E-state index contributed by atoms with van der Waals surface area (Å²) in [5, 5.41) is 12.7. The lowest BCUT2D eigenvalue weighted by molar-refractivity contribution is 0.143. The zero-order valence-electron chi connectivity index (χ0n) is 18.6. The molecule has 0 amide bonds. The quantitative estimate of drug-likeness (QED) is 0.309. The van der Waals surface area contributed by atoms with E-state index in [0.29, 0.717) is 12.3 Å². The Labute approximate surface area is 178 Å². The van der Waals surface area contributed by atoms with Crippen molar-refractivity contribution in [3.63, 3.8) is 0 Å². The van der Waals surface area contributed by atoms with Gasteiger partial charge >= 0.3 is 0 Å². The van der Waals surface area contributed by atoms with Crippen molar-refractivity contribution in [2.75, 3.05) is 6.61 Å². The van der Waals surface area contributed by atoms with Crippen LogP contribution in [0.3, 0.4) is 0 Å². The molecule has 158 valence electrons. The predicted octanol–water partition coefficient (Wildman–Crippen LogP) is 5.31. The van der Waals surface area contributed by atoms with Crippen LogP contribution >= 0.6 is 0 Å². The first-order chi connectivity index (χ1) is 13.8. The molecule has 0 heterocycles. The molecule has 0 aliphatic heterocycles. The van der Waals surface area contributed by atoms with E-state index in [1.54, 1.807) is 6.08 Å². The Morgan fingerprint density at radius 1 is 1.00 bits per heavy atom. The number of aliphatic hydroxyl groups is 1. The summed E-state index contributed by atoms with van der Waals surface area (Å²) >= 11 is 0. The number of rotatable bonds is 11. The standard InChI is InChI=1S/C26H38O2Si/c1-6-14-23(27)21-22(2)15-13-20-28-29(26(3,4)5,24-16-9-7-10-17-24)25-18-11-8-12-19-25/h6-12,16-19,22-23,27H,1,13-15,20-21H2,2-5H3/t22-,23-/m0/s1. The molecule has 0 fully saturated rings. The van der Waals surface area contributed by atoms with Crippen molar-refractivity contribution in [3.8, 4) is 0 Å². The van der Waals surface area contributed by atoms with Crippen LogP contribution in [-0.4, -0.2) is 26.1 Å². The molecule has 0 spiro atoms. The highest BCUT2D eigenvalue weighted by Gasteiger charge is 2.49. The highest BCUT2D eigenvalue weighted by atomic mass is 28.4. The van der Waals surface area contributed by atoms with Gasteiger partial charge in [0.15, 0.2) is 0 Å². The summed E-state index contributed by atoms with van der Waals surface area (Å²) in [5.41, 5.74) is 0. The van der Waals surface area contributed by atoms with Crippen LogP contribution < -0.4 is 10.4 Å². The van der Waals surface area contributed by atoms with E-state index in [1.165, 1.54) is 10.4 Å². The molecule has 0 radical (unpaired) electrons. The fourth-order valence-corrected chi connectivity index (χ4v) is 8.90. The molecule has 1 N–H and O–H groups in total. The van der Waals surface area contributed by atoms with Crippen LogP contribution in [-0.2, 0) is 4.43 Å². The van der Waals surface area contributed by atoms with Gasteiger partial charge in [-0.15, -0.1) is 6.58 Å². The van der Waals surface area contributed by atoms with Crippen LogP contribution in [0.1, 0.15) is 53.4 Å².